The number of hydrogen-bond acceptors (Lipinski definition) is 8. The number of carbonyl (C=O) groups is 3. The highest BCUT2D eigenvalue weighted by Gasteiger charge is 2.64. The number of aliphatic hydroxyl groups is 3. The van der Waals surface area contributed by atoms with Crippen molar-refractivity contribution in [2.24, 2.45) is 17.6 Å². The molecule has 0 saturated carbocycles. The van der Waals surface area contributed by atoms with Crippen LogP contribution in [0.15, 0.2) is 46.9 Å². The Labute approximate surface area is 185 Å². The van der Waals surface area contributed by atoms with Crippen LogP contribution in [0, 0.1) is 11.8 Å². The minimum Gasteiger partial charge on any atom is -0.510 e. The number of fused-ring (bicyclic) bond motifs is 3. The number of likely N-dealkylation sites (N-methyl/N-ethyl adjacent to an activating group) is 1. The highest BCUT2D eigenvalue weighted by Crippen LogP contribution is 2.55. The Balaban J connectivity index is 2.08. The number of nitrogens with two attached hydrogens (primary N) is 1. The lowest BCUT2D eigenvalue weighted by molar-refractivity contribution is -0.148. The van der Waals surface area contributed by atoms with Crippen molar-refractivity contribution in [3.05, 3.63) is 58.1 Å². The van der Waals surface area contributed by atoms with Gasteiger partial charge in [-0.05, 0) is 32.1 Å². The van der Waals surface area contributed by atoms with Gasteiger partial charge in [-0.25, -0.2) is 0 Å². The maximum absolute atomic E-state index is 14.2. The Kier molecular flexibility index (Phi) is 4.95. The molecular weight excluding hydrogens is 442 g/mol. The molecule has 1 aromatic carbocycles. The third kappa shape index (κ3) is 2.79. The number of hydrogen-bond donors (Lipinski definition) is 5. The number of carbonyl (C=O) groups excluding carboxylic acids is 3. The van der Waals surface area contributed by atoms with Crippen LogP contribution in [0.4, 0.5) is 8.78 Å². The molecule has 3 aliphatic carbocycles. The monoisotopic (exact) mass is 462 g/mol. The van der Waals surface area contributed by atoms with E-state index in [0.29, 0.717) is 0 Å². The molecule has 0 aromatic heterocycles. The maximum atomic E-state index is 14.2. The van der Waals surface area contributed by atoms with Crippen LogP contribution in [-0.4, -0.2) is 68.5 Å². The van der Waals surface area contributed by atoms with E-state index in [1.807, 2.05) is 0 Å². The van der Waals surface area contributed by atoms with Crippen LogP contribution in [0.5, 0.6) is 5.75 Å². The van der Waals surface area contributed by atoms with Gasteiger partial charge in [0, 0.05) is 23.0 Å². The predicted octanol–water partition coefficient (Wildman–Crippen LogP) is 1.19. The van der Waals surface area contributed by atoms with E-state index in [1.54, 1.807) is 0 Å². The number of amides is 1. The number of phenolic OH excluding ortho intramolecular Hbond substituents is 1. The van der Waals surface area contributed by atoms with Crippen LogP contribution in [0.3, 0.4) is 0 Å². The van der Waals surface area contributed by atoms with Gasteiger partial charge in [0.05, 0.1) is 11.6 Å². The van der Waals surface area contributed by atoms with Gasteiger partial charge in [-0.15, -0.1) is 0 Å². The number of Topliss-reactive ketones (excluding diaryl/α,β-unsaturated/α-hetero) is 2. The molecule has 33 heavy (non-hydrogen) atoms. The fourth-order valence-corrected chi connectivity index (χ4v) is 5.30. The maximum Gasteiger partial charge on any atom is 0.274 e. The number of aromatic hydroxyl groups is 1. The molecule has 4 atom stereocenters. The predicted molar refractivity (Wildman–Crippen MR) is 109 cm³/mol. The first-order valence-corrected chi connectivity index (χ1v) is 9.87. The highest BCUT2D eigenvalue weighted by molar-refractivity contribution is 6.25. The molecule has 174 valence electrons. The highest BCUT2D eigenvalue weighted by atomic mass is 19.3. The van der Waals surface area contributed by atoms with Crippen molar-refractivity contribution in [1.82, 2.24) is 4.90 Å². The molecule has 0 fully saturated rings. The number of allylic oxidation sites excluding steroid dienone is 2. The normalized spacial score (nSPS) is 29.2. The second kappa shape index (κ2) is 7.22. The smallest absolute Gasteiger partial charge is 0.274 e. The fourth-order valence-electron chi connectivity index (χ4n) is 5.30. The van der Waals surface area contributed by atoms with Crippen LogP contribution < -0.4 is 5.73 Å². The summed E-state index contributed by atoms with van der Waals surface area (Å²) < 4.78 is 28.4. The largest absolute Gasteiger partial charge is 0.510 e. The zero-order chi connectivity index (χ0) is 24.6. The zero-order valence-electron chi connectivity index (χ0n) is 17.5. The quantitative estimate of drug-likeness (QED) is 0.410. The van der Waals surface area contributed by atoms with Gasteiger partial charge < -0.3 is 26.2 Å². The molecule has 3 aliphatic rings. The van der Waals surface area contributed by atoms with Crippen LogP contribution in [0.2, 0.25) is 0 Å². The van der Waals surface area contributed by atoms with Gasteiger partial charge in [-0.1, -0.05) is 12.1 Å². The summed E-state index contributed by atoms with van der Waals surface area (Å²) in [4.78, 5) is 39.6. The van der Waals surface area contributed by atoms with E-state index in [4.69, 9.17) is 5.73 Å². The molecule has 0 unspecified atom stereocenters. The summed E-state index contributed by atoms with van der Waals surface area (Å²) >= 11 is 0. The average molecular weight is 462 g/mol. The topological polar surface area (TPSA) is 161 Å². The first kappa shape index (κ1) is 22.6. The first-order valence-electron chi connectivity index (χ1n) is 9.87. The minimum absolute atomic E-state index is 0.242. The Morgan fingerprint density at radius 3 is 2.36 bits per heavy atom. The molecule has 1 aromatic rings. The van der Waals surface area contributed by atoms with Crippen molar-refractivity contribution in [2.45, 2.75) is 18.1 Å². The number of primary amides is 1. The standard InChI is InChI=1S/C22H20F2N2O7/c1-26(2)15-9-6-8-11(20(23)24)7-4-3-5-10(27)12(7)16(28)13(8)18(30)22(9,33)19(31)14(17(15)29)21(25)32/h3-5,8-9,15,27,29-30,33H,6H2,1-2H3,(H2,25,32)/t8-,9+,15+,22+/m1/s1. The van der Waals surface area contributed by atoms with Crippen molar-refractivity contribution in [2.75, 3.05) is 14.1 Å². The van der Waals surface area contributed by atoms with Crippen LogP contribution >= 0.6 is 0 Å². The van der Waals surface area contributed by atoms with Crippen LogP contribution in [-0.2, 0) is 9.59 Å². The number of phenols is 1. The molecule has 0 heterocycles. The molecule has 0 saturated heterocycles. The summed E-state index contributed by atoms with van der Waals surface area (Å²) in [5, 5.41) is 43.3. The van der Waals surface area contributed by atoms with Gasteiger partial charge >= 0.3 is 0 Å². The zero-order valence-corrected chi connectivity index (χ0v) is 17.5. The SMILES string of the molecule is CN(C)[C@@H]1C(O)=C(C(N)=O)C(=O)[C@@]2(O)C(O)=C3C(=O)c4c(O)cccc4C(=C(F)F)[C@H]3C[C@@H]12. The van der Waals surface area contributed by atoms with Crippen molar-refractivity contribution in [3.63, 3.8) is 0 Å². The van der Waals surface area contributed by atoms with E-state index in [-0.39, 0.29) is 5.56 Å². The van der Waals surface area contributed by atoms with Crippen LogP contribution in [0.1, 0.15) is 22.3 Å². The summed E-state index contributed by atoms with van der Waals surface area (Å²) in [6, 6.07) is 2.32. The summed E-state index contributed by atoms with van der Waals surface area (Å²) in [5.74, 6) is -9.35. The molecule has 1 amide bonds. The Morgan fingerprint density at radius 2 is 1.82 bits per heavy atom. The van der Waals surface area contributed by atoms with E-state index in [2.05, 4.69) is 0 Å². The van der Waals surface area contributed by atoms with E-state index in [1.165, 1.54) is 31.1 Å². The molecule has 0 aliphatic heterocycles. The Morgan fingerprint density at radius 1 is 1.18 bits per heavy atom. The third-order valence-electron chi connectivity index (χ3n) is 6.64. The van der Waals surface area contributed by atoms with Gasteiger partial charge in [0.15, 0.2) is 11.4 Å². The molecule has 6 N–H and O–H groups in total. The van der Waals surface area contributed by atoms with Crippen molar-refractivity contribution in [1.29, 1.82) is 0 Å². The van der Waals surface area contributed by atoms with Gasteiger partial charge in [0.2, 0.25) is 5.78 Å². The molecule has 0 bridgehead atoms. The number of ketones is 2. The number of nitrogens with zero attached hydrogens (tertiary/aromatic N) is 1. The molecule has 11 heteroatoms. The van der Waals surface area contributed by atoms with Crippen LogP contribution in [0.25, 0.3) is 5.57 Å². The van der Waals surface area contributed by atoms with Gasteiger partial charge in [-0.2, -0.15) is 8.78 Å². The van der Waals surface area contributed by atoms with E-state index in [0.717, 1.165) is 6.07 Å². The van der Waals surface area contributed by atoms with E-state index >= 15 is 0 Å². The third-order valence-corrected chi connectivity index (χ3v) is 6.64. The molecular formula is C22H20F2N2O7. The lowest BCUT2D eigenvalue weighted by Gasteiger charge is -2.50. The second-order valence-corrected chi connectivity index (χ2v) is 8.49. The summed E-state index contributed by atoms with van der Waals surface area (Å²) in [5.41, 5.74) is -0.731. The van der Waals surface area contributed by atoms with E-state index in [9.17, 15) is 43.6 Å². The lowest BCUT2D eigenvalue weighted by atomic mass is 9.57. The number of aliphatic hydroxyl groups excluding tert-OH is 2. The summed E-state index contributed by atoms with van der Waals surface area (Å²) in [6.07, 6.45) is -2.65. The first-order chi connectivity index (χ1) is 15.3. The molecule has 4 rings (SSSR count). The fraction of sp³-hybridized carbons (Fsp3) is 0.318. The minimum atomic E-state index is -2.90. The van der Waals surface area contributed by atoms with Gasteiger partial charge in [-0.3, -0.25) is 19.3 Å². The molecule has 9 nitrogen and oxygen atoms in total. The number of benzene rings is 1. The summed E-state index contributed by atoms with van der Waals surface area (Å²) in [7, 11) is 2.88. The molecule has 0 radical (unpaired) electrons. The lowest BCUT2D eigenvalue weighted by Crippen LogP contribution is -2.63. The van der Waals surface area contributed by atoms with Gasteiger partial charge in [0.25, 0.3) is 12.0 Å². The Bertz CT molecular complexity index is 1230. The molecule has 0 spiro atoms. The van der Waals surface area contributed by atoms with Gasteiger partial charge in [0.1, 0.15) is 22.8 Å². The van der Waals surface area contributed by atoms with E-state index < -0.39 is 93.0 Å². The van der Waals surface area contributed by atoms with Crippen molar-refractivity contribution < 1.29 is 43.6 Å². The Hall–Kier alpha value is -3.57. The average Bonchev–Trinajstić information content (AvgIpc) is 2.70. The van der Waals surface area contributed by atoms with Crippen molar-refractivity contribution in [3.8, 4) is 5.75 Å². The second-order valence-electron chi connectivity index (χ2n) is 8.49. The number of halogens is 2. The number of rotatable bonds is 2. The summed E-state index contributed by atoms with van der Waals surface area (Å²) in [6.45, 7) is 0. The van der Waals surface area contributed by atoms with Crippen molar-refractivity contribution >= 4 is 23.0 Å².